The molecule has 2 aromatic carbocycles. The average molecular weight is 400 g/mol. The van der Waals surface area contributed by atoms with E-state index in [1.54, 1.807) is 0 Å². The molecule has 0 spiro atoms. The zero-order valence-corrected chi connectivity index (χ0v) is 17.2. The Morgan fingerprint density at radius 1 is 1.07 bits per heavy atom. The lowest BCUT2D eigenvalue weighted by Gasteiger charge is -2.12. The van der Waals surface area contributed by atoms with Gasteiger partial charge in [0, 0.05) is 44.0 Å². The van der Waals surface area contributed by atoms with Gasteiger partial charge in [0.15, 0.2) is 0 Å². The molecule has 0 saturated heterocycles. The fourth-order valence-corrected chi connectivity index (χ4v) is 4.08. The molecular weight excluding hydrogens is 374 g/mol. The van der Waals surface area contributed by atoms with Gasteiger partial charge in [0.05, 0.1) is 4.90 Å². The number of benzene rings is 2. The molecule has 0 bridgehead atoms. The minimum Gasteiger partial charge on any atom is -0.352 e. The summed E-state index contributed by atoms with van der Waals surface area (Å²) in [6, 6.07) is 16.4. The molecule has 28 heavy (non-hydrogen) atoms. The van der Waals surface area contributed by atoms with Crippen LogP contribution in [-0.4, -0.2) is 43.8 Å². The lowest BCUT2D eigenvalue weighted by molar-refractivity contribution is 0.0952. The van der Waals surface area contributed by atoms with Gasteiger partial charge in [0.25, 0.3) is 5.91 Å². The van der Waals surface area contributed by atoms with Crippen LogP contribution in [-0.2, 0) is 16.6 Å². The number of para-hydroxylation sites is 1. The van der Waals surface area contributed by atoms with Gasteiger partial charge in [0.2, 0.25) is 10.0 Å². The van der Waals surface area contributed by atoms with E-state index in [9.17, 15) is 13.2 Å². The summed E-state index contributed by atoms with van der Waals surface area (Å²) in [5.74, 6) is -0.206. The lowest BCUT2D eigenvalue weighted by atomic mass is 10.2. The van der Waals surface area contributed by atoms with Crippen LogP contribution in [0.25, 0.3) is 10.9 Å². The van der Waals surface area contributed by atoms with Crippen molar-refractivity contribution in [1.29, 1.82) is 0 Å². The van der Waals surface area contributed by atoms with E-state index in [1.165, 1.54) is 55.0 Å². The molecule has 0 atom stereocenters. The first-order valence-electron chi connectivity index (χ1n) is 9.16. The third kappa shape index (κ3) is 4.10. The first-order chi connectivity index (χ1) is 13.3. The zero-order valence-electron chi connectivity index (χ0n) is 16.3. The zero-order chi connectivity index (χ0) is 20.3. The van der Waals surface area contributed by atoms with Crippen LogP contribution in [0.15, 0.2) is 59.5 Å². The maximum absolute atomic E-state index is 12.3. The Morgan fingerprint density at radius 2 is 1.75 bits per heavy atom. The molecule has 0 aliphatic heterocycles. The molecule has 0 aliphatic rings. The van der Waals surface area contributed by atoms with Crippen molar-refractivity contribution in [2.24, 2.45) is 0 Å². The highest BCUT2D eigenvalue weighted by atomic mass is 32.2. The predicted molar refractivity (Wildman–Crippen MR) is 111 cm³/mol. The van der Waals surface area contributed by atoms with Crippen molar-refractivity contribution in [3.63, 3.8) is 0 Å². The van der Waals surface area contributed by atoms with Gasteiger partial charge in [-0.3, -0.25) is 4.79 Å². The number of fused-ring (bicyclic) bond motifs is 1. The Labute approximate surface area is 165 Å². The summed E-state index contributed by atoms with van der Waals surface area (Å²) >= 11 is 0. The fourth-order valence-electron chi connectivity index (χ4n) is 3.18. The van der Waals surface area contributed by atoms with Gasteiger partial charge in [0.1, 0.15) is 0 Å². The Bertz CT molecular complexity index is 1080. The Morgan fingerprint density at radius 3 is 2.43 bits per heavy atom. The number of amides is 1. The normalized spacial score (nSPS) is 11.9. The first-order valence-corrected chi connectivity index (χ1v) is 10.6. The molecule has 7 heteroatoms. The minimum absolute atomic E-state index is 0.170. The molecule has 6 nitrogen and oxygen atoms in total. The van der Waals surface area contributed by atoms with Crippen LogP contribution in [0.3, 0.4) is 0 Å². The Balaban J connectivity index is 1.56. The molecule has 1 N–H and O–H groups in total. The molecule has 0 fully saturated rings. The minimum atomic E-state index is -3.49. The highest BCUT2D eigenvalue weighted by Gasteiger charge is 2.17. The summed E-state index contributed by atoms with van der Waals surface area (Å²) in [6.07, 6.45) is 0.804. The molecular formula is C21H25N3O3S. The van der Waals surface area contributed by atoms with Gasteiger partial charge in [-0.2, -0.15) is 0 Å². The van der Waals surface area contributed by atoms with Crippen LogP contribution < -0.4 is 5.32 Å². The highest BCUT2D eigenvalue weighted by Crippen LogP contribution is 2.19. The van der Waals surface area contributed by atoms with Crippen molar-refractivity contribution >= 4 is 26.8 Å². The second kappa shape index (κ2) is 8.16. The number of aromatic nitrogens is 1. The maximum Gasteiger partial charge on any atom is 0.251 e. The van der Waals surface area contributed by atoms with Crippen molar-refractivity contribution in [3.8, 4) is 0 Å². The standard InChI is InChI=1S/C21H25N3O3S/c1-16-15-18-7-4-5-8-20(18)24(16)14-6-13-22-21(25)17-9-11-19(12-10-17)28(26,27)23(2)3/h4-5,7-12,15H,6,13-14H2,1-3H3,(H,22,25). The smallest absolute Gasteiger partial charge is 0.251 e. The van der Waals surface area contributed by atoms with Crippen molar-refractivity contribution in [3.05, 3.63) is 65.9 Å². The number of nitrogens with one attached hydrogen (secondary N) is 1. The molecule has 3 rings (SSSR count). The van der Waals surface area contributed by atoms with E-state index < -0.39 is 10.0 Å². The quantitative estimate of drug-likeness (QED) is 0.621. The number of carbonyl (C=O) groups is 1. The molecule has 1 amide bonds. The topological polar surface area (TPSA) is 71.4 Å². The van der Waals surface area contributed by atoms with Crippen LogP contribution >= 0.6 is 0 Å². The summed E-state index contributed by atoms with van der Waals surface area (Å²) in [5.41, 5.74) is 2.84. The maximum atomic E-state index is 12.3. The molecule has 0 unspecified atom stereocenters. The van der Waals surface area contributed by atoms with Gasteiger partial charge in [-0.1, -0.05) is 18.2 Å². The number of hydrogen-bond acceptors (Lipinski definition) is 3. The largest absolute Gasteiger partial charge is 0.352 e. The molecule has 0 aliphatic carbocycles. The third-order valence-corrected chi connectivity index (χ3v) is 6.59. The van der Waals surface area contributed by atoms with E-state index in [-0.39, 0.29) is 10.8 Å². The van der Waals surface area contributed by atoms with E-state index in [0.717, 1.165) is 17.3 Å². The monoisotopic (exact) mass is 399 g/mol. The van der Waals surface area contributed by atoms with Gasteiger partial charge in [-0.05, 0) is 55.1 Å². The van der Waals surface area contributed by atoms with Crippen LogP contribution in [0.5, 0.6) is 0 Å². The van der Waals surface area contributed by atoms with Crippen molar-refractivity contribution in [1.82, 2.24) is 14.2 Å². The number of carbonyl (C=O) groups excluding carboxylic acids is 1. The van der Waals surface area contributed by atoms with Crippen LogP contribution in [0, 0.1) is 6.92 Å². The van der Waals surface area contributed by atoms with E-state index in [4.69, 9.17) is 0 Å². The fraction of sp³-hybridized carbons (Fsp3) is 0.286. The summed E-state index contributed by atoms with van der Waals surface area (Å²) < 4.78 is 27.6. The van der Waals surface area contributed by atoms with Crippen molar-refractivity contribution < 1.29 is 13.2 Å². The highest BCUT2D eigenvalue weighted by molar-refractivity contribution is 7.89. The molecule has 0 saturated carbocycles. The number of aryl methyl sites for hydroxylation is 2. The summed E-state index contributed by atoms with van der Waals surface area (Å²) in [7, 11) is -0.533. The number of hydrogen-bond donors (Lipinski definition) is 1. The molecule has 148 valence electrons. The van der Waals surface area contributed by atoms with E-state index >= 15 is 0 Å². The molecule has 0 radical (unpaired) electrons. The van der Waals surface area contributed by atoms with E-state index in [2.05, 4.69) is 35.0 Å². The predicted octanol–water partition coefficient (Wildman–Crippen LogP) is 3.02. The SMILES string of the molecule is Cc1cc2ccccc2n1CCCNC(=O)c1ccc(S(=O)(=O)N(C)C)cc1. The van der Waals surface area contributed by atoms with Crippen LogP contribution in [0.2, 0.25) is 0 Å². The van der Waals surface area contributed by atoms with Crippen molar-refractivity contribution in [2.45, 2.75) is 24.8 Å². The molecule has 1 aromatic heterocycles. The Hall–Kier alpha value is -2.64. The van der Waals surface area contributed by atoms with E-state index in [0.29, 0.717) is 12.1 Å². The van der Waals surface area contributed by atoms with Gasteiger partial charge < -0.3 is 9.88 Å². The van der Waals surface area contributed by atoms with Crippen LogP contribution in [0.4, 0.5) is 0 Å². The third-order valence-electron chi connectivity index (χ3n) is 4.76. The number of sulfonamides is 1. The second-order valence-electron chi connectivity index (χ2n) is 6.92. The van der Waals surface area contributed by atoms with Gasteiger partial charge >= 0.3 is 0 Å². The molecule has 1 heterocycles. The Kier molecular flexibility index (Phi) is 5.86. The molecule has 3 aromatic rings. The van der Waals surface area contributed by atoms with Crippen molar-refractivity contribution in [2.75, 3.05) is 20.6 Å². The average Bonchev–Trinajstić information content (AvgIpc) is 3.00. The van der Waals surface area contributed by atoms with E-state index in [1.807, 2.05) is 12.1 Å². The number of rotatable bonds is 7. The summed E-state index contributed by atoms with van der Waals surface area (Å²) in [4.78, 5) is 12.5. The first kappa shape index (κ1) is 20.1. The van der Waals surface area contributed by atoms with Gasteiger partial charge in [-0.25, -0.2) is 12.7 Å². The van der Waals surface area contributed by atoms with Crippen LogP contribution in [0.1, 0.15) is 22.5 Å². The lowest BCUT2D eigenvalue weighted by Crippen LogP contribution is -2.26. The number of nitrogens with zero attached hydrogens (tertiary/aromatic N) is 2. The summed E-state index contributed by atoms with van der Waals surface area (Å²) in [5, 5.41) is 4.12. The summed E-state index contributed by atoms with van der Waals surface area (Å²) in [6.45, 7) is 3.45. The van der Waals surface area contributed by atoms with Gasteiger partial charge in [-0.15, -0.1) is 0 Å². The second-order valence-corrected chi connectivity index (χ2v) is 9.07.